The standard InChI is InChI=1S/C16H18O4/c1-3-5-7-11-12(8-6-4-2)14(16(19)20)10-9-13(11)15(17)18/h3-6,9-10H,7-8H2,1-2H3,(H,17,18)(H,19,20). The zero-order chi connectivity index (χ0) is 15.1. The van der Waals surface area contributed by atoms with Crippen molar-refractivity contribution < 1.29 is 19.8 Å². The number of rotatable bonds is 6. The molecule has 106 valence electrons. The summed E-state index contributed by atoms with van der Waals surface area (Å²) in [6.45, 7) is 3.68. The van der Waals surface area contributed by atoms with Crippen molar-refractivity contribution in [1.29, 1.82) is 0 Å². The molecule has 1 rings (SSSR count). The highest BCUT2D eigenvalue weighted by Crippen LogP contribution is 2.22. The minimum Gasteiger partial charge on any atom is -0.478 e. The Labute approximate surface area is 118 Å². The molecule has 1 aromatic carbocycles. The van der Waals surface area contributed by atoms with Crippen molar-refractivity contribution in [2.24, 2.45) is 0 Å². The largest absolute Gasteiger partial charge is 0.478 e. The van der Waals surface area contributed by atoms with Crippen LogP contribution in [0.1, 0.15) is 45.7 Å². The van der Waals surface area contributed by atoms with Gasteiger partial charge in [-0.05, 0) is 49.9 Å². The first-order chi connectivity index (χ1) is 9.52. The summed E-state index contributed by atoms with van der Waals surface area (Å²) in [6, 6.07) is 2.73. The Hall–Kier alpha value is -2.36. The summed E-state index contributed by atoms with van der Waals surface area (Å²) in [7, 11) is 0. The Bertz CT molecular complexity index is 517. The van der Waals surface area contributed by atoms with E-state index in [4.69, 9.17) is 0 Å². The predicted octanol–water partition coefficient (Wildman–Crippen LogP) is 3.32. The Balaban J connectivity index is 3.53. The molecular weight excluding hydrogens is 256 g/mol. The maximum absolute atomic E-state index is 11.3. The van der Waals surface area contributed by atoms with E-state index in [-0.39, 0.29) is 11.1 Å². The number of carboxylic acid groups (broad SMARTS) is 2. The third-order valence-electron chi connectivity index (χ3n) is 3.01. The molecule has 0 saturated heterocycles. The minimum atomic E-state index is -1.04. The molecule has 0 spiro atoms. The molecule has 0 aliphatic rings. The van der Waals surface area contributed by atoms with Gasteiger partial charge in [0.1, 0.15) is 0 Å². The second-order valence-corrected chi connectivity index (χ2v) is 4.27. The van der Waals surface area contributed by atoms with Gasteiger partial charge in [0.25, 0.3) is 0 Å². The lowest BCUT2D eigenvalue weighted by Gasteiger charge is -2.13. The summed E-state index contributed by atoms with van der Waals surface area (Å²) in [5.74, 6) is -2.08. The molecule has 4 heteroatoms. The molecule has 0 atom stereocenters. The van der Waals surface area contributed by atoms with Crippen LogP contribution in [0.3, 0.4) is 0 Å². The van der Waals surface area contributed by atoms with E-state index in [0.29, 0.717) is 24.0 Å². The van der Waals surface area contributed by atoms with Gasteiger partial charge in [-0.1, -0.05) is 24.3 Å². The third kappa shape index (κ3) is 3.57. The average molecular weight is 274 g/mol. The molecule has 0 unspecified atom stereocenters. The second kappa shape index (κ2) is 7.28. The predicted molar refractivity (Wildman–Crippen MR) is 77.4 cm³/mol. The fourth-order valence-corrected chi connectivity index (χ4v) is 2.03. The Kier molecular flexibility index (Phi) is 5.72. The van der Waals surface area contributed by atoms with E-state index in [9.17, 15) is 19.8 Å². The Morgan fingerprint density at radius 3 is 1.50 bits per heavy atom. The number of benzene rings is 1. The van der Waals surface area contributed by atoms with Crippen LogP contribution in [0.4, 0.5) is 0 Å². The summed E-state index contributed by atoms with van der Waals surface area (Å²) in [5, 5.41) is 18.5. The van der Waals surface area contributed by atoms with Crippen LogP contribution in [0.25, 0.3) is 0 Å². The molecule has 0 heterocycles. The van der Waals surface area contributed by atoms with Gasteiger partial charge < -0.3 is 10.2 Å². The molecule has 2 N–H and O–H groups in total. The summed E-state index contributed by atoms with van der Waals surface area (Å²) in [5.41, 5.74) is 1.45. The van der Waals surface area contributed by atoms with Crippen LogP contribution < -0.4 is 0 Å². The molecule has 0 aliphatic heterocycles. The van der Waals surface area contributed by atoms with Gasteiger partial charge in [0, 0.05) is 0 Å². The van der Waals surface area contributed by atoms with Gasteiger partial charge in [-0.25, -0.2) is 9.59 Å². The lowest BCUT2D eigenvalue weighted by Crippen LogP contribution is -2.11. The van der Waals surface area contributed by atoms with Crippen molar-refractivity contribution in [3.8, 4) is 0 Å². The molecule has 0 aliphatic carbocycles. The zero-order valence-corrected chi connectivity index (χ0v) is 11.6. The molecule has 0 radical (unpaired) electrons. The molecule has 20 heavy (non-hydrogen) atoms. The number of hydrogen-bond acceptors (Lipinski definition) is 2. The van der Waals surface area contributed by atoms with Crippen LogP contribution in [0.15, 0.2) is 36.4 Å². The van der Waals surface area contributed by atoms with Crippen LogP contribution in [-0.2, 0) is 12.8 Å². The van der Waals surface area contributed by atoms with Crippen LogP contribution in [0.5, 0.6) is 0 Å². The number of carboxylic acids is 2. The van der Waals surface area contributed by atoms with Crippen molar-refractivity contribution in [1.82, 2.24) is 0 Å². The van der Waals surface area contributed by atoms with E-state index in [1.807, 2.05) is 38.2 Å². The van der Waals surface area contributed by atoms with E-state index in [1.54, 1.807) is 0 Å². The summed E-state index contributed by atoms with van der Waals surface area (Å²) >= 11 is 0. The zero-order valence-electron chi connectivity index (χ0n) is 11.6. The number of allylic oxidation sites excluding steroid dienone is 4. The summed E-state index contributed by atoms with van der Waals surface area (Å²) < 4.78 is 0. The molecule has 0 aromatic heterocycles. The number of aromatic carboxylic acids is 2. The Morgan fingerprint density at radius 1 is 0.900 bits per heavy atom. The van der Waals surface area contributed by atoms with Gasteiger partial charge in [0.05, 0.1) is 11.1 Å². The van der Waals surface area contributed by atoms with Crippen molar-refractivity contribution in [3.05, 3.63) is 58.7 Å². The monoisotopic (exact) mass is 274 g/mol. The number of hydrogen-bond donors (Lipinski definition) is 2. The maximum Gasteiger partial charge on any atom is 0.335 e. The lowest BCUT2D eigenvalue weighted by molar-refractivity contribution is 0.0679. The quantitative estimate of drug-likeness (QED) is 0.780. The first-order valence-corrected chi connectivity index (χ1v) is 6.36. The van der Waals surface area contributed by atoms with E-state index >= 15 is 0 Å². The topological polar surface area (TPSA) is 74.6 Å². The summed E-state index contributed by atoms with van der Waals surface area (Å²) in [4.78, 5) is 22.6. The molecule has 0 bridgehead atoms. The van der Waals surface area contributed by atoms with Crippen molar-refractivity contribution in [2.75, 3.05) is 0 Å². The SMILES string of the molecule is CC=CCc1c(C(=O)O)ccc(C(=O)O)c1CC=CC. The van der Waals surface area contributed by atoms with Crippen LogP contribution in [-0.4, -0.2) is 22.2 Å². The van der Waals surface area contributed by atoms with E-state index in [2.05, 4.69) is 0 Å². The molecule has 0 fully saturated rings. The first kappa shape index (κ1) is 15.7. The van der Waals surface area contributed by atoms with Crippen molar-refractivity contribution in [3.63, 3.8) is 0 Å². The molecular formula is C16H18O4. The van der Waals surface area contributed by atoms with Crippen molar-refractivity contribution in [2.45, 2.75) is 26.7 Å². The van der Waals surface area contributed by atoms with Gasteiger partial charge >= 0.3 is 11.9 Å². The van der Waals surface area contributed by atoms with Crippen LogP contribution >= 0.6 is 0 Å². The smallest absolute Gasteiger partial charge is 0.335 e. The fraction of sp³-hybridized carbons (Fsp3) is 0.250. The van der Waals surface area contributed by atoms with Gasteiger partial charge in [0.15, 0.2) is 0 Å². The summed E-state index contributed by atoms with van der Waals surface area (Å²) in [6.07, 6.45) is 8.11. The third-order valence-corrected chi connectivity index (χ3v) is 3.01. The van der Waals surface area contributed by atoms with Crippen molar-refractivity contribution >= 4 is 11.9 Å². The molecule has 4 nitrogen and oxygen atoms in total. The minimum absolute atomic E-state index is 0.160. The fourth-order valence-electron chi connectivity index (χ4n) is 2.03. The maximum atomic E-state index is 11.3. The lowest BCUT2D eigenvalue weighted by atomic mass is 9.91. The molecule has 0 amide bonds. The highest BCUT2D eigenvalue weighted by molar-refractivity contribution is 5.95. The molecule has 0 saturated carbocycles. The second-order valence-electron chi connectivity index (χ2n) is 4.27. The normalized spacial score (nSPS) is 11.3. The van der Waals surface area contributed by atoms with Gasteiger partial charge in [0.2, 0.25) is 0 Å². The Morgan fingerprint density at radius 2 is 1.25 bits per heavy atom. The van der Waals surface area contributed by atoms with E-state index < -0.39 is 11.9 Å². The van der Waals surface area contributed by atoms with Crippen LogP contribution in [0, 0.1) is 0 Å². The average Bonchev–Trinajstić information content (AvgIpc) is 2.41. The highest BCUT2D eigenvalue weighted by Gasteiger charge is 2.19. The van der Waals surface area contributed by atoms with Gasteiger partial charge in [-0.3, -0.25) is 0 Å². The first-order valence-electron chi connectivity index (χ1n) is 6.36. The highest BCUT2D eigenvalue weighted by atomic mass is 16.4. The molecule has 1 aromatic rings. The van der Waals surface area contributed by atoms with E-state index in [0.717, 1.165) is 0 Å². The number of carbonyl (C=O) groups is 2. The van der Waals surface area contributed by atoms with Crippen LogP contribution in [0.2, 0.25) is 0 Å². The van der Waals surface area contributed by atoms with E-state index in [1.165, 1.54) is 12.1 Å². The van der Waals surface area contributed by atoms with Gasteiger partial charge in [-0.15, -0.1) is 0 Å². The van der Waals surface area contributed by atoms with Gasteiger partial charge in [-0.2, -0.15) is 0 Å².